The quantitative estimate of drug-likeness (QED) is 0.197. The lowest BCUT2D eigenvalue weighted by atomic mass is 10.2. The fourth-order valence-corrected chi connectivity index (χ4v) is 2.75. The van der Waals surface area contributed by atoms with Crippen LogP contribution >= 0.6 is 0 Å². The lowest BCUT2D eigenvalue weighted by Gasteiger charge is -2.19. The topological polar surface area (TPSA) is 207 Å². The number of nitrogens with one attached hydrogen (secondary N) is 8. The van der Waals surface area contributed by atoms with Crippen LogP contribution in [0.2, 0.25) is 0 Å². The van der Waals surface area contributed by atoms with Gasteiger partial charge in [0.1, 0.15) is 11.2 Å². The monoisotopic (exact) mass is 584 g/mol. The average molecular weight is 585 g/mol. The number of hydrogen-bond donors (Lipinski definition) is 8. The van der Waals surface area contributed by atoms with Crippen molar-refractivity contribution in [2.24, 2.45) is 0 Å². The van der Waals surface area contributed by atoms with Gasteiger partial charge in [0.2, 0.25) is 11.9 Å². The first-order chi connectivity index (χ1) is 19.5. The van der Waals surface area contributed by atoms with E-state index < -0.39 is 47.4 Å². The molecule has 14 heteroatoms. The first kappa shape index (κ1) is 34.9. The maximum atomic E-state index is 11.5. The molecule has 0 atom stereocenters. The molecular formula is C28H40N8O6. The first-order valence-electron chi connectivity index (χ1n) is 12.9. The van der Waals surface area contributed by atoms with Crippen molar-refractivity contribution >= 4 is 36.2 Å². The minimum atomic E-state index is -0.796. The summed E-state index contributed by atoms with van der Waals surface area (Å²) in [4.78, 5) is 45.8. The number of carbonyl (C=O) groups excluding carboxylic acids is 4. The summed E-state index contributed by atoms with van der Waals surface area (Å²) >= 11 is 0. The van der Waals surface area contributed by atoms with E-state index in [9.17, 15) is 19.2 Å². The molecule has 0 spiro atoms. The number of guanidine groups is 2. The molecule has 0 radical (unpaired) electrons. The van der Waals surface area contributed by atoms with Crippen molar-refractivity contribution in [1.82, 2.24) is 31.9 Å². The van der Waals surface area contributed by atoms with Gasteiger partial charge in [0.15, 0.2) is 0 Å². The van der Waals surface area contributed by atoms with E-state index in [1.807, 2.05) is 60.7 Å². The zero-order chi connectivity index (χ0) is 31.8. The van der Waals surface area contributed by atoms with E-state index in [1.54, 1.807) is 41.5 Å². The van der Waals surface area contributed by atoms with Crippen LogP contribution < -0.4 is 31.9 Å². The summed E-state index contributed by atoms with van der Waals surface area (Å²) in [6.45, 7) is 10.9. The molecule has 228 valence electrons. The van der Waals surface area contributed by atoms with Crippen molar-refractivity contribution in [2.45, 2.75) is 65.8 Å². The largest absolute Gasteiger partial charge is 0.444 e. The molecule has 2 aromatic rings. The Morgan fingerprint density at radius 3 is 1.17 bits per heavy atom. The molecule has 0 aliphatic carbocycles. The molecule has 0 saturated carbocycles. The molecule has 8 N–H and O–H groups in total. The van der Waals surface area contributed by atoms with E-state index in [1.165, 1.54) is 0 Å². The third-order valence-electron chi connectivity index (χ3n) is 4.32. The zero-order valence-corrected chi connectivity index (χ0v) is 24.6. The highest BCUT2D eigenvalue weighted by Crippen LogP contribution is 2.07. The minimum Gasteiger partial charge on any atom is -0.444 e. The molecule has 0 heterocycles. The van der Waals surface area contributed by atoms with Crippen LogP contribution in [0.1, 0.15) is 52.7 Å². The summed E-state index contributed by atoms with van der Waals surface area (Å²) in [7, 11) is 0. The Morgan fingerprint density at radius 2 is 0.881 bits per heavy atom. The van der Waals surface area contributed by atoms with Gasteiger partial charge in [-0.25, -0.2) is 19.2 Å². The number of urea groups is 2. The van der Waals surface area contributed by atoms with E-state index in [2.05, 4.69) is 31.9 Å². The maximum Gasteiger partial charge on any atom is 0.414 e. The standard InChI is InChI=1S/2C14H20N4O3/c2*1-14(2,3)21-13(20)18-11(15)17-12(19)16-9-10-7-5-4-6-8-10/h2*4-8H,9H2,1-3H3,(H4,15,16,17,18,19,20). The van der Waals surface area contributed by atoms with E-state index in [0.29, 0.717) is 13.1 Å². The van der Waals surface area contributed by atoms with Crippen molar-refractivity contribution in [3.63, 3.8) is 0 Å². The summed E-state index contributed by atoms with van der Waals surface area (Å²) < 4.78 is 9.91. The Hall–Kier alpha value is -5.14. The van der Waals surface area contributed by atoms with E-state index in [0.717, 1.165) is 11.1 Å². The van der Waals surface area contributed by atoms with E-state index in [-0.39, 0.29) is 0 Å². The fourth-order valence-electron chi connectivity index (χ4n) is 2.75. The van der Waals surface area contributed by atoms with Gasteiger partial charge in [0.05, 0.1) is 0 Å². The van der Waals surface area contributed by atoms with Crippen LogP contribution in [0.3, 0.4) is 0 Å². The second-order valence-corrected chi connectivity index (χ2v) is 10.6. The predicted molar refractivity (Wildman–Crippen MR) is 158 cm³/mol. The van der Waals surface area contributed by atoms with Gasteiger partial charge >= 0.3 is 24.2 Å². The Morgan fingerprint density at radius 1 is 0.571 bits per heavy atom. The lowest BCUT2D eigenvalue weighted by Crippen LogP contribution is -2.48. The number of hydrogen-bond acceptors (Lipinski definition) is 8. The third kappa shape index (κ3) is 18.2. The SMILES string of the molecule is CC(C)(C)OC(=O)NC(=N)NC(=O)NCc1ccccc1.CC(C)(C)OC(=O)NC(=N)NC(=O)NCc1ccccc1. The van der Waals surface area contributed by atoms with Crippen LogP contribution in [0, 0.1) is 10.8 Å². The van der Waals surface area contributed by atoms with Gasteiger partial charge in [0, 0.05) is 13.1 Å². The molecule has 6 amide bonds. The Kier molecular flexibility index (Phi) is 14.0. The van der Waals surface area contributed by atoms with Gasteiger partial charge < -0.3 is 20.1 Å². The van der Waals surface area contributed by atoms with Gasteiger partial charge in [-0.05, 0) is 52.7 Å². The molecule has 0 fully saturated rings. The number of alkyl carbamates (subject to hydrolysis) is 2. The molecule has 2 rings (SSSR count). The van der Waals surface area contributed by atoms with Gasteiger partial charge in [-0.15, -0.1) is 0 Å². The highest BCUT2D eigenvalue weighted by molar-refractivity contribution is 6.01. The normalized spacial score (nSPS) is 10.4. The number of rotatable bonds is 4. The molecule has 0 bridgehead atoms. The average Bonchev–Trinajstić information content (AvgIpc) is 2.85. The molecule has 2 aromatic carbocycles. The zero-order valence-electron chi connectivity index (χ0n) is 24.6. The third-order valence-corrected chi connectivity index (χ3v) is 4.32. The molecule has 0 aliphatic rings. The molecule has 42 heavy (non-hydrogen) atoms. The summed E-state index contributed by atoms with van der Waals surface area (Å²) in [6, 6.07) is 17.5. The predicted octanol–water partition coefficient (Wildman–Crippen LogP) is 3.89. The summed E-state index contributed by atoms with van der Waals surface area (Å²) in [6.07, 6.45) is -1.59. The Bertz CT molecular complexity index is 1110. The highest BCUT2D eigenvalue weighted by Gasteiger charge is 2.18. The molecule has 0 unspecified atom stereocenters. The van der Waals surface area contributed by atoms with Crippen LogP contribution in [-0.4, -0.2) is 47.4 Å². The van der Waals surface area contributed by atoms with Crippen LogP contribution in [-0.2, 0) is 22.6 Å². The van der Waals surface area contributed by atoms with Crippen molar-refractivity contribution < 1.29 is 28.7 Å². The van der Waals surface area contributed by atoms with Crippen molar-refractivity contribution in [3.8, 4) is 0 Å². The van der Waals surface area contributed by atoms with Crippen molar-refractivity contribution in [1.29, 1.82) is 10.8 Å². The first-order valence-corrected chi connectivity index (χ1v) is 12.9. The van der Waals surface area contributed by atoms with E-state index >= 15 is 0 Å². The molecule has 14 nitrogen and oxygen atoms in total. The fraction of sp³-hybridized carbons (Fsp3) is 0.357. The van der Waals surface area contributed by atoms with Crippen molar-refractivity contribution in [2.75, 3.05) is 0 Å². The van der Waals surface area contributed by atoms with Crippen LogP contribution in [0.4, 0.5) is 19.2 Å². The number of ether oxygens (including phenoxy) is 2. The van der Waals surface area contributed by atoms with Crippen LogP contribution in [0.15, 0.2) is 60.7 Å². The van der Waals surface area contributed by atoms with Gasteiger partial charge in [0.25, 0.3) is 0 Å². The van der Waals surface area contributed by atoms with Crippen molar-refractivity contribution in [3.05, 3.63) is 71.8 Å². The summed E-state index contributed by atoms with van der Waals surface area (Å²) in [5.74, 6) is -0.898. The summed E-state index contributed by atoms with van der Waals surface area (Å²) in [5, 5.41) is 28.7. The van der Waals surface area contributed by atoms with Gasteiger partial charge in [-0.2, -0.15) is 0 Å². The minimum absolute atomic E-state index is 0.326. The Labute approximate surface area is 245 Å². The van der Waals surface area contributed by atoms with E-state index in [4.69, 9.17) is 20.3 Å². The van der Waals surface area contributed by atoms with Gasteiger partial charge in [-0.1, -0.05) is 60.7 Å². The van der Waals surface area contributed by atoms with Gasteiger partial charge in [-0.3, -0.25) is 32.1 Å². The number of carbonyl (C=O) groups is 4. The smallest absolute Gasteiger partial charge is 0.414 e. The number of benzene rings is 2. The highest BCUT2D eigenvalue weighted by atomic mass is 16.6. The van der Waals surface area contributed by atoms with Crippen LogP contribution in [0.25, 0.3) is 0 Å². The number of amides is 6. The lowest BCUT2D eigenvalue weighted by molar-refractivity contribution is 0.0549. The Balaban J connectivity index is 0.000000420. The molecular weight excluding hydrogens is 544 g/mol. The molecule has 0 saturated heterocycles. The molecule has 0 aromatic heterocycles. The summed E-state index contributed by atoms with van der Waals surface area (Å²) in [5.41, 5.74) is 0.526. The second kappa shape index (κ2) is 16.8. The second-order valence-electron chi connectivity index (χ2n) is 10.6. The van der Waals surface area contributed by atoms with Crippen LogP contribution in [0.5, 0.6) is 0 Å². The maximum absolute atomic E-state index is 11.5. The molecule has 0 aliphatic heterocycles.